The average molecular weight is 480 g/mol. The predicted octanol–water partition coefficient (Wildman–Crippen LogP) is 4.01. The molecule has 0 bridgehead atoms. The Hall–Kier alpha value is -3.10. The second-order valence-electron chi connectivity index (χ2n) is 9.80. The van der Waals surface area contributed by atoms with Crippen molar-refractivity contribution in [1.82, 2.24) is 9.88 Å². The highest BCUT2D eigenvalue weighted by atomic mass is 19.2. The van der Waals surface area contributed by atoms with Crippen molar-refractivity contribution < 1.29 is 22.8 Å². The van der Waals surface area contributed by atoms with Crippen LogP contribution in [0.1, 0.15) is 41.5 Å². The van der Waals surface area contributed by atoms with Crippen LogP contribution in [0.4, 0.5) is 18.9 Å². The molecule has 3 N–H and O–H groups in total. The number of amides is 1. The van der Waals surface area contributed by atoms with E-state index in [4.69, 9.17) is 5.73 Å². The number of ketones is 1. The average Bonchev–Trinajstić information content (AvgIpc) is 2.67. The standard InChI is InChI=1S/C25H32F3N3O3/c1-22(2,26)25(23(3,4)27,24(5,6)28)19(32)14-30-20(33)15-31-18(13-12-17(29)21(31)34)16-10-8-7-9-11-16/h7-13H,14-15,29H2,1-6H3,(H,30,33). The first-order valence-electron chi connectivity index (χ1n) is 10.9. The summed E-state index contributed by atoms with van der Waals surface area (Å²) in [6, 6.07) is 11.8. The van der Waals surface area contributed by atoms with Crippen LogP contribution < -0.4 is 16.6 Å². The number of anilines is 1. The SMILES string of the molecule is CC(C)(F)C(C(=O)CNC(=O)Cn1c(-c2ccccc2)ccc(N)c1=O)(C(C)(C)F)C(C)(C)F. The third kappa shape index (κ3) is 4.88. The highest BCUT2D eigenvalue weighted by Gasteiger charge is 2.69. The number of Topliss-reactive ketones (excluding diaryl/α,β-unsaturated/α-hetero) is 1. The molecule has 0 radical (unpaired) electrons. The number of pyridine rings is 1. The number of benzene rings is 1. The van der Waals surface area contributed by atoms with Crippen LogP contribution in [0.2, 0.25) is 0 Å². The van der Waals surface area contributed by atoms with Gasteiger partial charge in [-0.3, -0.25) is 19.0 Å². The van der Waals surface area contributed by atoms with E-state index in [-0.39, 0.29) is 5.69 Å². The zero-order valence-electron chi connectivity index (χ0n) is 20.3. The molecule has 2 rings (SSSR count). The minimum Gasteiger partial charge on any atom is -0.394 e. The molecule has 0 spiro atoms. The first kappa shape index (κ1) is 27.1. The van der Waals surface area contributed by atoms with Crippen LogP contribution in [0.25, 0.3) is 11.3 Å². The van der Waals surface area contributed by atoms with Gasteiger partial charge < -0.3 is 11.1 Å². The molecule has 9 heteroatoms. The number of carbonyl (C=O) groups is 2. The summed E-state index contributed by atoms with van der Waals surface area (Å²) in [5, 5.41) is 2.29. The van der Waals surface area contributed by atoms with E-state index in [1.807, 2.05) is 0 Å². The number of nitrogen functional groups attached to an aromatic ring is 1. The molecule has 0 saturated carbocycles. The molecule has 6 nitrogen and oxygen atoms in total. The quantitative estimate of drug-likeness (QED) is 0.568. The normalized spacial score (nSPS) is 13.0. The van der Waals surface area contributed by atoms with Gasteiger partial charge in [-0.1, -0.05) is 30.3 Å². The van der Waals surface area contributed by atoms with E-state index < -0.39 is 52.8 Å². The Morgan fingerprint density at radius 1 is 0.882 bits per heavy atom. The number of hydrogen-bond donors (Lipinski definition) is 2. The van der Waals surface area contributed by atoms with Gasteiger partial charge in [-0.05, 0) is 59.2 Å². The fraction of sp³-hybridized carbons (Fsp3) is 0.480. The molecule has 0 aliphatic rings. The Bertz CT molecular complexity index is 1070. The lowest BCUT2D eigenvalue weighted by molar-refractivity contribution is -0.184. The largest absolute Gasteiger partial charge is 0.394 e. The number of nitrogens with one attached hydrogen (secondary N) is 1. The molecular weight excluding hydrogens is 447 g/mol. The summed E-state index contributed by atoms with van der Waals surface area (Å²) in [6.07, 6.45) is 0. The van der Waals surface area contributed by atoms with Gasteiger partial charge in [0.25, 0.3) is 5.56 Å². The second-order valence-corrected chi connectivity index (χ2v) is 9.80. The Labute approximate surface area is 197 Å². The Kier molecular flexibility index (Phi) is 7.40. The first-order valence-corrected chi connectivity index (χ1v) is 10.9. The van der Waals surface area contributed by atoms with Gasteiger partial charge in [0.15, 0.2) is 5.78 Å². The smallest absolute Gasteiger partial charge is 0.274 e. The maximum absolute atomic E-state index is 15.3. The van der Waals surface area contributed by atoms with Crippen molar-refractivity contribution in [3.05, 3.63) is 52.8 Å². The Morgan fingerprint density at radius 3 is 1.85 bits per heavy atom. The Balaban J connectivity index is 2.36. The summed E-state index contributed by atoms with van der Waals surface area (Å²) < 4.78 is 47.0. The molecule has 0 aliphatic heterocycles. The number of alkyl halides is 3. The number of halogens is 3. The van der Waals surface area contributed by atoms with Gasteiger partial charge in [-0.25, -0.2) is 13.2 Å². The molecule has 1 aromatic carbocycles. The van der Waals surface area contributed by atoms with E-state index in [0.717, 1.165) is 46.1 Å². The zero-order chi connectivity index (χ0) is 26.1. The van der Waals surface area contributed by atoms with E-state index in [1.54, 1.807) is 36.4 Å². The molecule has 0 atom stereocenters. The van der Waals surface area contributed by atoms with Gasteiger partial charge in [-0.15, -0.1) is 0 Å². The molecule has 2 aromatic rings. The molecule has 1 aromatic heterocycles. The van der Waals surface area contributed by atoms with E-state index in [2.05, 4.69) is 5.32 Å². The number of aromatic nitrogens is 1. The van der Waals surface area contributed by atoms with Crippen LogP contribution in [0.3, 0.4) is 0 Å². The minimum atomic E-state index is -2.72. The molecule has 0 fully saturated rings. The summed E-state index contributed by atoms with van der Waals surface area (Å²) >= 11 is 0. The molecule has 1 amide bonds. The van der Waals surface area contributed by atoms with E-state index in [1.165, 1.54) is 6.07 Å². The second kappa shape index (κ2) is 9.27. The van der Waals surface area contributed by atoms with Crippen molar-refractivity contribution >= 4 is 17.4 Å². The predicted molar refractivity (Wildman–Crippen MR) is 127 cm³/mol. The highest BCUT2D eigenvalue weighted by Crippen LogP contribution is 2.55. The molecule has 0 unspecified atom stereocenters. The van der Waals surface area contributed by atoms with Crippen molar-refractivity contribution in [1.29, 1.82) is 0 Å². The van der Waals surface area contributed by atoms with Crippen molar-refractivity contribution in [3.63, 3.8) is 0 Å². The summed E-state index contributed by atoms with van der Waals surface area (Å²) in [4.78, 5) is 38.5. The third-order valence-corrected chi connectivity index (χ3v) is 6.11. The van der Waals surface area contributed by atoms with Crippen LogP contribution in [-0.2, 0) is 16.1 Å². The maximum atomic E-state index is 15.3. The number of nitrogens with two attached hydrogens (primary N) is 1. The van der Waals surface area contributed by atoms with Gasteiger partial charge in [0.1, 0.15) is 29.0 Å². The number of rotatable bonds is 9. The first-order chi connectivity index (χ1) is 15.4. The topological polar surface area (TPSA) is 94.2 Å². The summed E-state index contributed by atoms with van der Waals surface area (Å²) in [6.45, 7) is 4.29. The lowest BCUT2D eigenvalue weighted by Crippen LogP contribution is -2.68. The van der Waals surface area contributed by atoms with Gasteiger partial charge in [-0.2, -0.15) is 0 Å². The molecule has 0 saturated heterocycles. The van der Waals surface area contributed by atoms with E-state index >= 15 is 13.2 Å². The van der Waals surface area contributed by atoms with Gasteiger partial charge in [0, 0.05) is 0 Å². The van der Waals surface area contributed by atoms with Crippen molar-refractivity contribution in [2.45, 2.75) is 65.1 Å². The number of hydrogen-bond acceptors (Lipinski definition) is 4. The van der Waals surface area contributed by atoms with Crippen LogP contribution in [0, 0.1) is 5.41 Å². The van der Waals surface area contributed by atoms with Gasteiger partial charge >= 0.3 is 0 Å². The Morgan fingerprint density at radius 2 is 1.38 bits per heavy atom. The lowest BCUT2D eigenvalue weighted by Gasteiger charge is -2.52. The van der Waals surface area contributed by atoms with Crippen molar-refractivity contribution in [2.24, 2.45) is 5.41 Å². The van der Waals surface area contributed by atoms with E-state index in [9.17, 15) is 14.4 Å². The van der Waals surface area contributed by atoms with Crippen molar-refractivity contribution in [3.8, 4) is 11.3 Å². The molecule has 186 valence electrons. The molecular formula is C25H32F3N3O3. The van der Waals surface area contributed by atoms with Crippen LogP contribution in [0.15, 0.2) is 47.3 Å². The van der Waals surface area contributed by atoms with Crippen LogP contribution in [-0.4, -0.2) is 39.8 Å². The summed E-state index contributed by atoms with van der Waals surface area (Å²) in [5.41, 5.74) is -4.43. The molecule has 0 aliphatic carbocycles. The van der Waals surface area contributed by atoms with Crippen molar-refractivity contribution in [2.75, 3.05) is 12.3 Å². The van der Waals surface area contributed by atoms with Gasteiger partial charge in [0.2, 0.25) is 5.91 Å². The monoisotopic (exact) mass is 479 g/mol. The fourth-order valence-corrected chi connectivity index (χ4v) is 5.24. The lowest BCUT2D eigenvalue weighted by atomic mass is 9.55. The van der Waals surface area contributed by atoms with Crippen LogP contribution >= 0.6 is 0 Å². The number of carbonyl (C=O) groups excluding carboxylic acids is 2. The third-order valence-electron chi connectivity index (χ3n) is 6.11. The summed E-state index contributed by atoms with van der Waals surface area (Å²) in [5.74, 6) is -1.92. The maximum Gasteiger partial charge on any atom is 0.274 e. The number of nitrogens with zero attached hydrogens (tertiary/aromatic N) is 1. The van der Waals surface area contributed by atoms with E-state index in [0.29, 0.717) is 11.3 Å². The molecule has 1 heterocycles. The minimum absolute atomic E-state index is 0.0832. The summed E-state index contributed by atoms with van der Waals surface area (Å²) in [7, 11) is 0. The fourth-order valence-electron chi connectivity index (χ4n) is 5.24. The zero-order valence-corrected chi connectivity index (χ0v) is 20.3. The highest BCUT2D eigenvalue weighted by molar-refractivity contribution is 5.93. The molecule has 34 heavy (non-hydrogen) atoms. The van der Waals surface area contributed by atoms with Gasteiger partial charge in [0.05, 0.1) is 17.9 Å². The van der Waals surface area contributed by atoms with Crippen LogP contribution in [0.5, 0.6) is 0 Å².